The average Bonchev–Trinajstić information content (AvgIpc) is 2.37. The second kappa shape index (κ2) is 11.7. The van der Waals surface area contributed by atoms with Crippen LogP contribution in [0.1, 0.15) is 20.3 Å². The van der Waals surface area contributed by atoms with Crippen molar-refractivity contribution in [1.82, 2.24) is 15.5 Å². The first-order valence-electron chi connectivity index (χ1n) is 6.63. The maximum absolute atomic E-state index is 11.4. The van der Waals surface area contributed by atoms with Gasteiger partial charge in [0.1, 0.15) is 6.61 Å². The fourth-order valence-corrected chi connectivity index (χ4v) is 1.53. The first-order valence-corrected chi connectivity index (χ1v) is 6.63. The molecule has 0 fully saturated rings. The Hall–Kier alpha value is -1.34. The number of likely N-dealkylation sites (N-methyl/N-ethyl adjacent to an activating group) is 1. The quantitative estimate of drug-likeness (QED) is 0.466. The van der Waals surface area contributed by atoms with Crippen molar-refractivity contribution in [2.24, 2.45) is 0 Å². The van der Waals surface area contributed by atoms with Gasteiger partial charge in [0.15, 0.2) is 0 Å². The third-order valence-corrected chi connectivity index (χ3v) is 2.46. The highest BCUT2D eigenvalue weighted by atomic mass is 16.5. The molecule has 3 N–H and O–H groups in total. The Kier molecular flexibility index (Phi) is 10.9. The fourth-order valence-electron chi connectivity index (χ4n) is 1.53. The predicted molar refractivity (Wildman–Crippen MR) is 72.3 cm³/mol. The molecule has 0 unspecified atom stereocenters. The molecule has 0 heterocycles. The number of carbonyl (C=O) groups is 2. The van der Waals surface area contributed by atoms with Crippen LogP contribution in [0, 0.1) is 0 Å². The van der Waals surface area contributed by atoms with E-state index in [1.807, 2.05) is 0 Å². The molecule has 0 saturated carbocycles. The summed E-state index contributed by atoms with van der Waals surface area (Å²) in [5.41, 5.74) is 0. The molecule has 0 aliphatic carbocycles. The van der Waals surface area contributed by atoms with Gasteiger partial charge in [-0.1, -0.05) is 13.8 Å². The number of aliphatic carboxylic acids is 1. The van der Waals surface area contributed by atoms with Crippen LogP contribution in [0.4, 0.5) is 4.79 Å². The first kappa shape index (κ1) is 17.7. The third kappa shape index (κ3) is 11.5. The van der Waals surface area contributed by atoms with Gasteiger partial charge in [-0.15, -0.1) is 0 Å². The number of ether oxygens (including phenoxy) is 1. The predicted octanol–water partition coefficient (Wildman–Crippen LogP) is 0.119. The second-order valence-corrected chi connectivity index (χ2v) is 4.06. The van der Waals surface area contributed by atoms with Crippen LogP contribution in [-0.4, -0.2) is 67.9 Å². The fraction of sp³-hybridized carbons (Fsp3) is 0.833. The van der Waals surface area contributed by atoms with E-state index in [1.165, 1.54) is 0 Å². The Bertz CT molecular complexity index is 261. The Morgan fingerprint density at radius 2 is 1.84 bits per heavy atom. The summed E-state index contributed by atoms with van der Waals surface area (Å²) in [6.45, 7) is 7.79. The number of nitrogens with one attached hydrogen (secondary N) is 2. The van der Waals surface area contributed by atoms with Crippen molar-refractivity contribution in [3.8, 4) is 0 Å². The Morgan fingerprint density at radius 3 is 2.42 bits per heavy atom. The zero-order valence-electron chi connectivity index (χ0n) is 11.8. The third-order valence-electron chi connectivity index (χ3n) is 2.46. The number of carboxylic acid groups (broad SMARTS) is 1. The van der Waals surface area contributed by atoms with Gasteiger partial charge in [0.2, 0.25) is 0 Å². The Morgan fingerprint density at radius 1 is 1.16 bits per heavy atom. The van der Waals surface area contributed by atoms with Crippen LogP contribution in [0.15, 0.2) is 0 Å². The summed E-state index contributed by atoms with van der Waals surface area (Å²) in [6.07, 6.45) is 1.10. The number of nitrogens with zero attached hydrogens (tertiary/aromatic N) is 1. The van der Waals surface area contributed by atoms with E-state index in [4.69, 9.17) is 9.84 Å². The molecule has 0 aliphatic heterocycles. The van der Waals surface area contributed by atoms with Gasteiger partial charge in [-0.3, -0.25) is 0 Å². The molecule has 0 aromatic carbocycles. The van der Waals surface area contributed by atoms with Crippen LogP contribution < -0.4 is 10.6 Å². The molecule has 7 nitrogen and oxygen atoms in total. The molecule has 7 heteroatoms. The molecule has 2 amide bonds. The van der Waals surface area contributed by atoms with Crippen molar-refractivity contribution >= 4 is 12.0 Å². The molecule has 0 aliphatic rings. The maximum atomic E-state index is 11.4. The summed E-state index contributed by atoms with van der Waals surface area (Å²) in [4.78, 5) is 23.8. The minimum atomic E-state index is -1.01. The van der Waals surface area contributed by atoms with Crippen molar-refractivity contribution in [2.75, 3.05) is 45.9 Å². The monoisotopic (exact) mass is 275 g/mol. The normalized spacial score (nSPS) is 10.5. The molecule has 0 aromatic rings. The molecule has 112 valence electrons. The topological polar surface area (TPSA) is 90.9 Å². The summed E-state index contributed by atoms with van der Waals surface area (Å²) in [7, 11) is 0. The number of urea groups is 1. The minimum absolute atomic E-state index is 0.191. The molecular weight excluding hydrogens is 250 g/mol. The number of amides is 2. The highest BCUT2D eigenvalue weighted by Gasteiger charge is 2.03. The number of rotatable bonds is 11. The molecule has 0 aromatic heterocycles. The van der Waals surface area contributed by atoms with Crippen LogP contribution in [0.5, 0.6) is 0 Å². The Balaban J connectivity index is 3.46. The van der Waals surface area contributed by atoms with E-state index in [2.05, 4.69) is 29.4 Å². The average molecular weight is 275 g/mol. The molecule has 0 bridgehead atoms. The van der Waals surface area contributed by atoms with Gasteiger partial charge in [0, 0.05) is 19.6 Å². The van der Waals surface area contributed by atoms with Crippen LogP contribution >= 0.6 is 0 Å². The minimum Gasteiger partial charge on any atom is -0.480 e. The van der Waals surface area contributed by atoms with Crippen molar-refractivity contribution < 1.29 is 19.4 Å². The maximum Gasteiger partial charge on any atom is 0.329 e. The molecule has 0 atom stereocenters. The van der Waals surface area contributed by atoms with Gasteiger partial charge in [-0.2, -0.15) is 0 Å². The summed E-state index contributed by atoms with van der Waals surface area (Å²) in [5.74, 6) is -1.01. The van der Waals surface area contributed by atoms with E-state index in [1.54, 1.807) is 0 Å². The zero-order chi connectivity index (χ0) is 14.5. The number of hydrogen-bond donors (Lipinski definition) is 3. The van der Waals surface area contributed by atoms with Crippen molar-refractivity contribution in [2.45, 2.75) is 20.3 Å². The zero-order valence-corrected chi connectivity index (χ0v) is 11.8. The molecule has 0 spiro atoms. The van der Waals surface area contributed by atoms with Gasteiger partial charge in [0.25, 0.3) is 0 Å². The van der Waals surface area contributed by atoms with Crippen molar-refractivity contribution in [1.29, 1.82) is 0 Å². The van der Waals surface area contributed by atoms with E-state index in [0.717, 1.165) is 26.1 Å². The standard InChI is InChI=1S/C12H25N3O4/c1-3-7-15(4-2)8-5-13-12(18)14-6-9-19-10-11(16)17/h3-10H2,1-2H3,(H,16,17)(H2,13,14,18). The lowest BCUT2D eigenvalue weighted by Gasteiger charge is -2.19. The first-order chi connectivity index (χ1) is 9.10. The van der Waals surface area contributed by atoms with E-state index in [0.29, 0.717) is 13.1 Å². The van der Waals surface area contributed by atoms with Gasteiger partial charge >= 0.3 is 12.0 Å². The smallest absolute Gasteiger partial charge is 0.329 e. The molecular formula is C12H25N3O4. The highest BCUT2D eigenvalue weighted by molar-refractivity contribution is 5.73. The van der Waals surface area contributed by atoms with Gasteiger partial charge in [-0.05, 0) is 19.5 Å². The lowest BCUT2D eigenvalue weighted by atomic mass is 10.4. The Labute approximate surface area is 114 Å². The van der Waals surface area contributed by atoms with Gasteiger partial charge in [0.05, 0.1) is 6.61 Å². The lowest BCUT2D eigenvalue weighted by Crippen LogP contribution is -2.41. The van der Waals surface area contributed by atoms with Crippen molar-refractivity contribution in [3.63, 3.8) is 0 Å². The highest BCUT2D eigenvalue weighted by Crippen LogP contribution is 1.88. The number of carbonyl (C=O) groups excluding carboxylic acids is 1. The van der Waals surface area contributed by atoms with E-state index in [-0.39, 0.29) is 19.2 Å². The van der Waals surface area contributed by atoms with Crippen molar-refractivity contribution in [3.05, 3.63) is 0 Å². The SMILES string of the molecule is CCCN(CC)CCNC(=O)NCCOCC(=O)O. The molecule has 19 heavy (non-hydrogen) atoms. The van der Waals surface area contributed by atoms with E-state index < -0.39 is 5.97 Å². The number of carboxylic acids is 1. The van der Waals surface area contributed by atoms with Gasteiger partial charge < -0.3 is 25.4 Å². The van der Waals surface area contributed by atoms with Crippen LogP contribution in [0.2, 0.25) is 0 Å². The van der Waals surface area contributed by atoms with Crippen LogP contribution in [-0.2, 0) is 9.53 Å². The second-order valence-electron chi connectivity index (χ2n) is 4.06. The molecule has 0 rings (SSSR count). The summed E-state index contributed by atoms with van der Waals surface area (Å²) >= 11 is 0. The summed E-state index contributed by atoms with van der Waals surface area (Å²) in [5, 5.41) is 13.7. The summed E-state index contributed by atoms with van der Waals surface area (Å²) < 4.78 is 4.79. The lowest BCUT2D eigenvalue weighted by molar-refractivity contribution is -0.142. The largest absolute Gasteiger partial charge is 0.480 e. The molecule has 0 radical (unpaired) electrons. The number of hydrogen-bond acceptors (Lipinski definition) is 4. The van der Waals surface area contributed by atoms with Crippen LogP contribution in [0.25, 0.3) is 0 Å². The van der Waals surface area contributed by atoms with Crippen LogP contribution in [0.3, 0.4) is 0 Å². The van der Waals surface area contributed by atoms with E-state index >= 15 is 0 Å². The van der Waals surface area contributed by atoms with Gasteiger partial charge in [-0.25, -0.2) is 9.59 Å². The molecule has 0 saturated heterocycles. The van der Waals surface area contributed by atoms with E-state index in [9.17, 15) is 9.59 Å². The summed E-state index contributed by atoms with van der Waals surface area (Å²) in [6, 6.07) is -0.258.